The normalized spacial score (nSPS) is 12.6. The highest BCUT2D eigenvalue weighted by Crippen LogP contribution is 2.14. The first-order chi connectivity index (χ1) is 11.2. The van der Waals surface area contributed by atoms with Crippen molar-refractivity contribution in [2.45, 2.75) is 39.5 Å². The standard InChI is InChI=1S/C18H30N4O/c1-4-12-20-17(23)11-13-21-18(19-5-2)22-14-15(3)16-9-7-6-8-10-16/h6-10,15H,4-5,11-14H2,1-3H3,(H,20,23)(H2,19,21,22). The molecule has 1 atom stereocenters. The lowest BCUT2D eigenvalue weighted by molar-refractivity contribution is -0.120. The summed E-state index contributed by atoms with van der Waals surface area (Å²) in [6, 6.07) is 10.4. The summed E-state index contributed by atoms with van der Waals surface area (Å²) < 4.78 is 0. The Hall–Kier alpha value is -2.04. The fourth-order valence-electron chi connectivity index (χ4n) is 2.10. The van der Waals surface area contributed by atoms with E-state index in [1.165, 1.54) is 5.56 Å². The zero-order chi connectivity index (χ0) is 16.9. The van der Waals surface area contributed by atoms with E-state index in [1.54, 1.807) is 0 Å². The van der Waals surface area contributed by atoms with Crippen LogP contribution in [0.15, 0.2) is 35.3 Å². The van der Waals surface area contributed by atoms with Gasteiger partial charge in [-0.2, -0.15) is 0 Å². The van der Waals surface area contributed by atoms with Crippen LogP contribution < -0.4 is 16.0 Å². The molecule has 0 fully saturated rings. The summed E-state index contributed by atoms with van der Waals surface area (Å²) in [7, 11) is 0. The Kier molecular flexibility index (Phi) is 9.52. The third kappa shape index (κ3) is 8.24. The summed E-state index contributed by atoms with van der Waals surface area (Å²) in [6.07, 6.45) is 1.42. The third-order valence-electron chi connectivity index (χ3n) is 3.45. The molecule has 5 nitrogen and oxygen atoms in total. The molecule has 0 saturated carbocycles. The van der Waals surface area contributed by atoms with Crippen LogP contribution >= 0.6 is 0 Å². The molecule has 0 aliphatic rings. The van der Waals surface area contributed by atoms with Crippen LogP contribution in [0.5, 0.6) is 0 Å². The van der Waals surface area contributed by atoms with Gasteiger partial charge in [-0.05, 0) is 18.9 Å². The number of aliphatic imine (C=N–C) groups is 1. The quantitative estimate of drug-likeness (QED) is 0.483. The van der Waals surface area contributed by atoms with Gasteiger partial charge in [0.05, 0.1) is 0 Å². The molecular formula is C18H30N4O. The SMILES string of the molecule is CCCNC(=O)CCNC(=NCC(C)c1ccccc1)NCC. The Morgan fingerprint density at radius 1 is 1.09 bits per heavy atom. The Morgan fingerprint density at radius 3 is 2.48 bits per heavy atom. The number of rotatable bonds is 9. The van der Waals surface area contributed by atoms with Crippen molar-refractivity contribution < 1.29 is 4.79 Å². The molecule has 128 valence electrons. The van der Waals surface area contributed by atoms with Gasteiger partial charge in [0.25, 0.3) is 0 Å². The van der Waals surface area contributed by atoms with Crippen LogP contribution in [-0.4, -0.2) is 38.0 Å². The summed E-state index contributed by atoms with van der Waals surface area (Å²) in [4.78, 5) is 16.2. The fourth-order valence-corrected chi connectivity index (χ4v) is 2.10. The second-order valence-corrected chi connectivity index (χ2v) is 5.56. The molecule has 0 radical (unpaired) electrons. The number of hydrogen-bond acceptors (Lipinski definition) is 2. The van der Waals surface area contributed by atoms with Gasteiger partial charge in [0, 0.05) is 38.5 Å². The minimum Gasteiger partial charge on any atom is -0.357 e. The topological polar surface area (TPSA) is 65.5 Å². The number of nitrogens with zero attached hydrogens (tertiary/aromatic N) is 1. The lowest BCUT2D eigenvalue weighted by atomic mass is 10.0. The molecule has 23 heavy (non-hydrogen) atoms. The summed E-state index contributed by atoms with van der Waals surface area (Å²) in [5.41, 5.74) is 1.28. The Labute approximate surface area is 140 Å². The van der Waals surface area contributed by atoms with Crippen molar-refractivity contribution >= 4 is 11.9 Å². The van der Waals surface area contributed by atoms with E-state index < -0.39 is 0 Å². The molecule has 1 amide bonds. The summed E-state index contributed by atoms with van der Waals surface area (Å²) >= 11 is 0. The second-order valence-electron chi connectivity index (χ2n) is 5.56. The minimum atomic E-state index is 0.0767. The van der Waals surface area contributed by atoms with E-state index in [2.05, 4.69) is 40.0 Å². The molecule has 5 heteroatoms. The molecule has 0 spiro atoms. The van der Waals surface area contributed by atoms with Gasteiger partial charge in [0.1, 0.15) is 0 Å². The van der Waals surface area contributed by atoms with Crippen LogP contribution in [0.4, 0.5) is 0 Å². The van der Waals surface area contributed by atoms with E-state index in [4.69, 9.17) is 0 Å². The first-order valence-corrected chi connectivity index (χ1v) is 8.51. The molecule has 0 saturated heterocycles. The Bertz CT molecular complexity index is 473. The average Bonchev–Trinajstić information content (AvgIpc) is 2.58. The minimum absolute atomic E-state index is 0.0767. The molecule has 0 aromatic heterocycles. The molecule has 1 rings (SSSR count). The van der Waals surface area contributed by atoms with Gasteiger partial charge in [-0.3, -0.25) is 9.79 Å². The highest BCUT2D eigenvalue weighted by Gasteiger charge is 2.05. The van der Waals surface area contributed by atoms with Crippen molar-refractivity contribution in [3.8, 4) is 0 Å². The van der Waals surface area contributed by atoms with Gasteiger partial charge in [0.2, 0.25) is 5.91 Å². The monoisotopic (exact) mass is 318 g/mol. The molecule has 3 N–H and O–H groups in total. The maximum absolute atomic E-state index is 11.6. The van der Waals surface area contributed by atoms with E-state index in [0.29, 0.717) is 25.4 Å². The van der Waals surface area contributed by atoms with Gasteiger partial charge < -0.3 is 16.0 Å². The smallest absolute Gasteiger partial charge is 0.221 e. The van der Waals surface area contributed by atoms with Gasteiger partial charge >= 0.3 is 0 Å². The van der Waals surface area contributed by atoms with Crippen molar-refractivity contribution in [3.05, 3.63) is 35.9 Å². The average molecular weight is 318 g/mol. The van der Waals surface area contributed by atoms with E-state index in [0.717, 1.165) is 25.5 Å². The predicted molar refractivity (Wildman–Crippen MR) is 96.8 cm³/mol. The van der Waals surface area contributed by atoms with Crippen LogP contribution in [0.25, 0.3) is 0 Å². The molecule has 1 unspecified atom stereocenters. The summed E-state index contributed by atoms with van der Waals surface area (Å²) in [5, 5.41) is 9.30. The molecular weight excluding hydrogens is 288 g/mol. The van der Waals surface area contributed by atoms with E-state index in [9.17, 15) is 4.79 Å². The first-order valence-electron chi connectivity index (χ1n) is 8.51. The third-order valence-corrected chi connectivity index (χ3v) is 3.45. The molecule has 1 aromatic carbocycles. The maximum atomic E-state index is 11.6. The van der Waals surface area contributed by atoms with Gasteiger partial charge in [-0.25, -0.2) is 0 Å². The van der Waals surface area contributed by atoms with Crippen molar-refractivity contribution in [3.63, 3.8) is 0 Å². The van der Waals surface area contributed by atoms with Gasteiger partial charge in [-0.15, -0.1) is 0 Å². The van der Waals surface area contributed by atoms with Crippen LogP contribution in [-0.2, 0) is 4.79 Å². The van der Waals surface area contributed by atoms with E-state index in [1.807, 2.05) is 32.0 Å². The molecule has 0 heterocycles. The van der Waals surface area contributed by atoms with E-state index >= 15 is 0 Å². The molecule has 1 aromatic rings. The lowest BCUT2D eigenvalue weighted by Crippen LogP contribution is -2.39. The highest BCUT2D eigenvalue weighted by molar-refractivity contribution is 5.81. The maximum Gasteiger partial charge on any atom is 0.221 e. The first kappa shape index (κ1) is 19.0. The van der Waals surface area contributed by atoms with Crippen molar-refractivity contribution in [1.29, 1.82) is 0 Å². The number of guanidine groups is 1. The summed E-state index contributed by atoms with van der Waals surface area (Å²) in [5.74, 6) is 1.20. The van der Waals surface area contributed by atoms with Crippen LogP contribution in [0.2, 0.25) is 0 Å². The van der Waals surface area contributed by atoms with Crippen molar-refractivity contribution in [2.75, 3.05) is 26.2 Å². The van der Waals surface area contributed by atoms with Crippen molar-refractivity contribution in [1.82, 2.24) is 16.0 Å². The predicted octanol–water partition coefficient (Wildman–Crippen LogP) is 2.26. The molecule has 0 aliphatic heterocycles. The van der Waals surface area contributed by atoms with Crippen molar-refractivity contribution in [2.24, 2.45) is 4.99 Å². The second kappa shape index (κ2) is 11.5. The lowest BCUT2D eigenvalue weighted by Gasteiger charge is -2.13. The fraction of sp³-hybridized carbons (Fsp3) is 0.556. The van der Waals surface area contributed by atoms with E-state index in [-0.39, 0.29) is 5.91 Å². The van der Waals surface area contributed by atoms with Gasteiger partial charge in [0.15, 0.2) is 5.96 Å². The van der Waals surface area contributed by atoms with Crippen LogP contribution in [0, 0.1) is 0 Å². The van der Waals surface area contributed by atoms with Gasteiger partial charge in [-0.1, -0.05) is 44.2 Å². The zero-order valence-electron chi connectivity index (χ0n) is 14.6. The Morgan fingerprint density at radius 2 is 1.83 bits per heavy atom. The number of benzene rings is 1. The largest absolute Gasteiger partial charge is 0.357 e. The van der Waals surface area contributed by atoms with Crippen LogP contribution in [0.1, 0.15) is 45.1 Å². The zero-order valence-corrected chi connectivity index (χ0v) is 14.6. The number of amides is 1. The number of carbonyl (C=O) groups is 1. The van der Waals surface area contributed by atoms with Crippen LogP contribution in [0.3, 0.4) is 0 Å². The number of carbonyl (C=O) groups excluding carboxylic acids is 1. The molecule has 0 aliphatic carbocycles. The Balaban J connectivity index is 2.42. The number of nitrogens with one attached hydrogen (secondary N) is 3. The highest BCUT2D eigenvalue weighted by atomic mass is 16.1. The number of hydrogen-bond donors (Lipinski definition) is 3. The summed E-state index contributed by atoms with van der Waals surface area (Å²) in [6.45, 7) is 9.08. The molecule has 0 bridgehead atoms.